The predicted octanol–water partition coefficient (Wildman–Crippen LogP) is 3.97. The highest BCUT2D eigenvalue weighted by atomic mass is 16.2. The topological polar surface area (TPSA) is 20.2 Å². The standard InChI is InChI=1S/C16H20O/c1-4-8-14(11-12-17)16(13(2)3)15-9-6-5-7-10-15/h4-7,9-10,17H,1-2,8,11-12H2,3H3/b16-14+. The van der Waals surface area contributed by atoms with Gasteiger partial charge in [0.2, 0.25) is 0 Å². The first kappa shape index (κ1) is 13.5. The molecule has 1 aromatic rings. The Balaban J connectivity index is 3.26. The lowest BCUT2D eigenvalue weighted by Crippen LogP contribution is -1.96. The van der Waals surface area contributed by atoms with Crippen molar-refractivity contribution in [1.82, 2.24) is 0 Å². The molecule has 0 aliphatic rings. The van der Waals surface area contributed by atoms with Gasteiger partial charge in [-0.3, -0.25) is 0 Å². The molecule has 0 bridgehead atoms. The first-order valence-electron chi connectivity index (χ1n) is 5.85. The fourth-order valence-corrected chi connectivity index (χ4v) is 2.00. The second-order valence-corrected chi connectivity index (χ2v) is 4.09. The average molecular weight is 228 g/mol. The van der Waals surface area contributed by atoms with Crippen molar-refractivity contribution in [3.8, 4) is 0 Å². The van der Waals surface area contributed by atoms with Gasteiger partial charge in [0.05, 0.1) is 0 Å². The highest BCUT2D eigenvalue weighted by Crippen LogP contribution is 2.28. The van der Waals surface area contributed by atoms with Crippen LogP contribution < -0.4 is 0 Å². The largest absolute Gasteiger partial charge is 0.396 e. The van der Waals surface area contributed by atoms with E-state index in [0.717, 1.165) is 23.1 Å². The summed E-state index contributed by atoms with van der Waals surface area (Å²) in [5.41, 5.74) is 4.53. The van der Waals surface area contributed by atoms with Gasteiger partial charge >= 0.3 is 0 Å². The first-order chi connectivity index (χ1) is 8.20. The van der Waals surface area contributed by atoms with Crippen molar-refractivity contribution in [2.75, 3.05) is 6.61 Å². The van der Waals surface area contributed by atoms with Crippen LogP contribution in [-0.2, 0) is 0 Å². The minimum absolute atomic E-state index is 0.160. The molecule has 1 nitrogen and oxygen atoms in total. The van der Waals surface area contributed by atoms with E-state index < -0.39 is 0 Å². The Morgan fingerprint density at radius 1 is 1.29 bits per heavy atom. The molecule has 17 heavy (non-hydrogen) atoms. The first-order valence-corrected chi connectivity index (χ1v) is 5.85. The summed E-state index contributed by atoms with van der Waals surface area (Å²) in [5, 5.41) is 9.14. The number of hydrogen-bond donors (Lipinski definition) is 1. The van der Waals surface area contributed by atoms with E-state index in [0.29, 0.717) is 6.42 Å². The second-order valence-electron chi connectivity index (χ2n) is 4.09. The van der Waals surface area contributed by atoms with Gasteiger partial charge in [0, 0.05) is 6.61 Å². The smallest absolute Gasteiger partial charge is 0.0468 e. The molecule has 0 radical (unpaired) electrons. The van der Waals surface area contributed by atoms with Crippen LogP contribution >= 0.6 is 0 Å². The Morgan fingerprint density at radius 3 is 2.41 bits per heavy atom. The van der Waals surface area contributed by atoms with E-state index >= 15 is 0 Å². The molecule has 1 heteroatoms. The van der Waals surface area contributed by atoms with Crippen LogP contribution in [-0.4, -0.2) is 11.7 Å². The normalized spacial score (nSPS) is 11.9. The molecule has 1 rings (SSSR count). The number of hydrogen-bond acceptors (Lipinski definition) is 1. The lowest BCUT2D eigenvalue weighted by atomic mass is 9.91. The molecule has 0 amide bonds. The minimum Gasteiger partial charge on any atom is -0.396 e. The summed E-state index contributed by atoms with van der Waals surface area (Å²) < 4.78 is 0. The molecule has 0 saturated heterocycles. The summed E-state index contributed by atoms with van der Waals surface area (Å²) in [6, 6.07) is 10.2. The van der Waals surface area contributed by atoms with Crippen molar-refractivity contribution in [2.45, 2.75) is 19.8 Å². The third-order valence-corrected chi connectivity index (χ3v) is 2.65. The zero-order chi connectivity index (χ0) is 12.7. The van der Waals surface area contributed by atoms with Crippen LogP contribution in [0.5, 0.6) is 0 Å². The third kappa shape index (κ3) is 3.72. The van der Waals surface area contributed by atoms with Crippen LogP contribution in [0.2, 0.25) is 0 Å². The van der Waals surface area contributed by atoms with Crippen LogP contribution in [0.3, 0.4) is 0 Å². The lowest BCUT2D eigenvalue weighted by molar-refractivity contribution is 0.299. The van der Waals surface area contributed by atoms with Crippen LogP contribution in [0.15, 0.2) is 60.7 Å². The Morgan fingerprint density at radius 2 is 1.94 bits per heavy atom. The van der Waals surface area contributed by atoms with Crippen molar-refractivity contribution in [3.63, 3.8) is 0 Å². The van der Waals surface area contributed by atoms with Gasteiger partial charge in [-0.15, -0.1) is 6.58 Å². The van der Waals surface area contributed by atoms with Crippen molar-refractivity contribution < 1.29 is 5.11 Å². The molecule has 90 valence electrons. The van der Waals surface area contributed by atoms with Gasteiger partial charge in [0.1, 0.15) is 0 Å². The molecule has 1 N–H and O–H groups in total. The van der Waals surface area contributed by atoms with Crippen molar-refractivity contribution in [3.05, 3.63) is 66.3 Å². The Hall–Kier alpha value is -1.60. The van der Waals surface area contributed by atoms with Gasteiger partial charge < -0.3 is 5.11 Å². The van der Waals surface area contributed by atoms with Crippen molar-refractivity contribution in [2.24, 2.45) is 0 Å². The van der Waals surface area contributed by atoms with Crippen LogP contribution in [0.1, 0.15) is 25.3 Å². The van der Waals surface area contributed by atoms with Crippen LogP contribution in [0.25, 0.3) is 5.57 Å². The van der Waals surface area contributed by atoms with E-state index in [2.05, 4.69) is 25.3 Å². The van der Waals surface area contributed by atoms with Gasteiger partial charge in [-0.25, -0.2) is 0 Å². The zero-order valence-corrected chi connectivity index (χ0v) is 10.4. The Labute approximate surface area is 104 Å². The average Bonchev–Trinajstić information content (AvgIpc) is 2.31. The van der Waals surface area contributed by atoms with Crippen molar-refractivity contribution in [1.29, 1.82) is 0 Å². The molecule has 0 aliphatic carbocycles. The minimum atomic E-state index is 0.160. The van der Waals surface area contributed by atoms with E-state index in [9.17, 15) is 0 Å². The van der Waals surface area contributed by atoms with Crippen LogP contribution in [0, 0.1) is 0 Å². The van der Waals surface area contributed by atoms with Gasteiger partial charge in [0.25, 0.3) is 0 Å². The summed E-state index contributed by atoms with van der Waals surface area (Å²) in [4.78, 5) is 0. The molecule has 0 spiro atoms. The maximum atomic E-state index is 9.14. The van der Waals surface area contributed by atoms with E-state index in [1.165, 1.54) is 5.57 Å². The quantitative estimate of drug-likeness (QED) is 0.577. The summed E-state index contributed by atoms with van der Waals surface area (Å²) >= 11 is 0. The highest BCUT2D eigenvalue weighted by molar-refractivity contribution is 5.80. The molecule has 0 unspecified atom stereocenters. The molecule has 0 atom stereocenters. The molecule has 0 aromatic heterocycles. The number of aliphatic hydroxyl groups is 1. The summed E-state index contributed by atoms with van der Waals surface area (Å²) in [6.07, 6.45) is 3.33. The fourth-order valence-electron chi connectivity index (χ4n) is 2.00. The zero-order valence-electron chi connectivity index (χ0n) is 10.4. The van der Waals surface area contributed by atoms with E-state index in [1.54, 1.807) is 0 Å². The van der Waals surface area contributed by atoms with E-state index in [1.807, 2.05) is 31.2 Å². The Bertz CT molecular complexity index is 412. The van der Waals surface area contributed by atoms with Gasteiger partial charge in [0.15, 0.2) is 0 Å². The number of rotatable bonds is 6. The van der Waals surface area contributed by atoms with Gasteiger partial charge in [-0.2, -0.15) is 0 Å². The molecular weight excluding hydrogens is 208 g/mol. The van der Waals surface area contributed by atoms with Gasteiger partial charge in [-0.1, -0.05) is 54.1 Å². The summed E-state index contributed by atoms with van der Waals surface area (Å²) in [7, 11) is 0. The van der Waals surface area contributed by atoms with E-state index in [4.69, 9.17) is 5.11 Å². The number of benzene rings is 1. The lowest BCUT2D eigenvalue weighted by Gasteiger charge is -2.14. The van der Waals surface area contributed by atoms with Crippen LogP contribution in [0.4, 0.5) is 0 Å². The summed E-state index contributed by atoms with van der Waals surface area (Å²) in [6.45, 7) is 9.98. The molecule has 0 heterocycles. The maximum Gasteiger partial charge on any atom is 0.0468 e. The predicted molar refractivity (Wildman–Crippen MR) is 74.7 cm³/mol. The number of allylic oxidation sites excluding steroid dienone is 3. The monoisotopic (exact) mass is 228 g/mol. The number of aliphatic hydroxyl groups excluding tert-OH is 1. The molecular formula is C16H20O. The second kappa shape index (κ2) is 6.87. The maximum absolute atomic E-state index is 9.14. The van der Waals surface area contributed by atoms with Crippen molar-refractivity contribution >= 4 is 5.57 Å². The van der Waals surface area contributed by atoms with E-state index in [-0.39, 0.29) is 6.61 Å². The Kier molecular flexibility index (Phi) is 5.44. The molecule has 0 aliphatic heterocycles. The molecule has 0 fully saturated rings. The SMILES string of the molecule is C=CC/C(CCO)=C(/C(=C)C)c1ccccc1. The van der Waals surface area contributed by atoms with Gasteiger partial charge in [-0.05, 0) is 30.9 Å². The molecule has 1 aromatic carbocycles. The molecule has 0 saturated carbocycles. The highest BCUT2D eigenvalue weighted by Gasteiger charge is 2.08. The fraction of sp³-hybridized carbons (Fsp3) is 0.250. The summed E-state index contributed by atoms with van der Waals surface area (Å²) in [5.74, 6) is 0. The third-order valence-electron chi connectivity index (χ3n) is 2.65.